The minimum atomic E-state index is -0.187. The molecule has 1 saturated heterocycles. The molecule has 2 atom stereocenters. The number of piperidine rings is 1. The first-order valence-electron chi connectivity index (χ1n) is 11.5. The fourth-order valence-corrected chi connectivity index (χ4v) is 6.09. The van der Waals surface area contributed by atoms with Crippen LogP contribution in [-0.2, 0) is 0 Å². The summed E-state index contributed by atoms with van der Waals surface area (Å²) in [5.41, 5.74) is 2.23. The van der Waals surface area contributed by atoms with Crippen molar-refractivity contribution in [3.63, 3.8) is 0 Å². The molecule has 0 aromatic heterocycles. The Morgan fingerprint density at radius 1 is 0.939 bits per heavy atom. The standard InChI is InChI=1S/C27H28ClNO3S/c28-24-22(30)13-14-23-27(24)33-26(20-7-3-1-4-8-20)25(32-23)19-9-11-21(12-10-19)31-18-17-29-15-5-2-6-16-29/h1,3-4,7-14,25-26,30H,2,5-6,15-18H2/t25-,26+/m0/s1. The van der Waals surface area contributed by atoms with Crippen LogP contribution in [0.5, 0.6) is 17.2 Å². The molecule has 0 radical (unpaired) electrons. The minimum Gasteiger partial charge on any atom is -0.506 e. The Kier molecular flexibility index (Phi) is 7.00. The van der Waals surface area contributed by atoms with Crippen molar-refractivity contribution in [2.75, 3.05) is 26.2 Å². The number of likely N-dealkylation sites (tertiary alicyclic amines) is 1. The van der Waals surface area contributed by atoms with E-state index in [0.29, 0.717) is 17.4 Å². The second-order valence-electron chi connectivity index (χ2n) is 8.53. The molecule has 5 rings (SSSR count). The molecule has 2 aliphatic rings. The molecular formula is C27H28ClNO3S. The van der Waals surface area contributed by atoms with E-state index in [2.05, 4.69) is 29.2 Å². The molecule has 0 unspecified atom stereocenters. The van der Waals surface area contributed by atoms with E-state index in [1.54, 1.807) is 23.9 Å². The number of ether oxygens (including phenoxy) is 2. The van der Waals surface area contributed by atoms with Gasteiger partial charge in [0.05, 0.1) is 15.2 Å². The van der Waals surface area contributed by atoms with Crippen LogP contribution in [0.3, 0.4) is 0 Å². The zero-order chi connectivity index (χ0) is 22.6. The summed E-state index contributed by atoms with van der Waals surface area (Å²) in [6, 6.07) is 21.9. The molecule has 1 N–H and O–H groups in total. The van der Waals surface area contributed by atoms with Gasteiger partial charge in [-0.1, -0.05) is 60.5 Å². The van der Waals surface area contributed by atoms with Crippen molar-refractivity contribution in [3.8, 4) is 17.2 Å². The molecule has 172 valence electrons. The lowest BCUT2D eigenvalue weighted by molar-refractivity contribution is 0.182. The lowest BCUT2D eigenvalue weighted by Gasteiger charge is -2.34. The lowest BCUT2D eigenvalue weighted by atomic mass is 10.00. The second-order valence-corrected chi connectivity index (χ2v) is 10.1. The van der Waals surface area contributed by atoms with Crippen LogP contribution in [-0.4, -0.2) is 36.2 Å². The fourth-order valence-electron chi connectivity index (χ4n) is 4.48. The predicted octanol–water partition coefficient (Wildman–Crippen LogP) is 6.88. The van der Waals surface area contributed by atoms with Crippen LogP contribution in [0.2, 0.25) is 5.02 Å². The summed E-state index contributed by atoms with van der Waals surface area (Å²) in [6.07, 6.45) is 3.75. The number of aromatic hydroxyl groups is 1. The minimum absolute atomic E-state index is 0.00358. The van der Waals surface area contributed by atoms with Crippen LogP contribution < -0.4 is 9.47 Å². The molecule has 2 heterocycles. The Bertz CT molecular complexity index is 1070. The van der Waals surface area contributed by atoms with Crippen molar-refractivity contribution < 1.29 is 14.6 Å². The number of fused-ring (bicyclic) bond motifs is 1. The Morgan fingerprint density at radius 3 is 2.45 bits per heavy atom. The van der Waals surface area contributed by atoms with Gasteiger partial charge < -0.3 is 14.6 Å². The summed E-state index contributed by atoms with van der Waals surface area (Å²) in [7, 11) is 0. The molecule has 3 aromatic carbocycles. The first kappa shape index (κ1) is 22.5. The number of phenols is 1. The van der Waals surface area contributed by atoms with E-state index in [4.69, 9.17) is 21.1 Å². The fraction of sp³-hybridized carbons (Fsp3) is 0.333. The Hall–Kier alpha value is -2.34. The predicted molar refractivity (Wildman–Crippen MR) is 134 cm³/mol. The van der Waals surface area contributed by atoms with E-state index in [9.17, 15) is 5.11 Å². The number of hydrogen-bond donors (Lipinski definition) is 1. The molecule has 33 heavy (non-hydrogen) atoms. The number of rotatable bonds is 6. The molecule has 0 spiro atoms. The highest BCUT2D eigenvalue weighted by Gasteiger charge is 2.35. The Morgan fingerprint density at radius 2 is 1.70 bits per heavy atom. The summed E-state index contributed by atoms with van der Waals surface area (Å²) in [6.45, 7) is 4.05. The van der Waals surface area contributed by atoms with Gasteiger partial charge in [0.25, 0.3) is 0 Å². The maximum atomic E-state index is 10.1. The highest BCUT2D eigenvalue weighted by Crippen LogP contribution is 2.56. The van der Waals surface area contributed by atoms with Gasteiger partial charge >= 0.3 is 0 Å². The quantitative estimate of drug-likeness (QED) is 0.415. The molecule has 0 saturated carbocycles. The molecule has 6 heteroatoms. The Balaban J connectivity index is 1.34. The number of hydrogen-bond acceptors (Lipinski definition) is 5. The number of benzene rings is 3. The molecule has 3 aromatic rings. The second kappa shape index (κ2) is 10.3. The van der Waals surface area contributed by atoms with Gasteiger partial charge in [-0.25, -0.2) is 0 Å². The molecule has 2 aliphatic heterocycles. The van der Waals surface area contributed by atoms with E-state index in [1.165, 1.54) is 32.4 Å². The van der Waals surface area contributed by atoms with Gasteiger partial charge in [-0.2, -0.15) is 0 Å². The average Bonchev–Trinajstić information content (AvgIpc) is 2.87. The molecular weight excluding hydrogens is 454 g/mol. The van der Waals surface area contributed by atoms with Crippen LogP contribution in [0.4, 0.5) is 0 Å². The zero-order valence-corrected chi connectivity index (χ0v) is 20.0. The van der Waals surface area contributed by atoms with Gasteiger partial charge in [0, 0.05) is 6.54 Å². The third kappa shape index (κ3) is 5.11. The average molecular weight is 482 g/mol. The van der Waals surface area contributed by atoms with Crippen LogP contribution in [0.25, 0.3) is 0 Å². The summed E-state index contributed by atoms with van der Waals surface area (Å²) in [5.74, 6) is 1.65. The van der Waals surface area contributed by atoms with Crippen molar-refractivity contribution >= 4 is 23.4 Å². The van der Waals surface area contributed by atoms with Crippen LogP contribution in [0.1, 0.15) is 41.7 Å². The van der Waals surface area contributed by atoms with E-state index < -0.39 is 0 Å². The van der Waals surface area contributed by atoms with Gasteiger partial charge in [0.1, 0.15) is 30.0 Å². The maximum absolute atomic E-state index is 10.1. The highest BCUT2D eigenvalue weighted by atomic mass is 35.5. The van der Waals surface area contributed by atoms with Crippen molar-refractivity contribution in [2.24, 2.45) is 0 Å². The van der Waals surface area contributed by atoms with Crippen molar-refractivity contribution in [1.82, 2.24) is 4.90 Å². The third-order valence-corrected chi connectivity index (χ3v) is 8.18. The van der Waals surface area contributed by atoms with Crippen LogP contribution in [0, 0.1) is 0 Å². The van der Waals surface area contributed by atoms with Crippen LogP contribution >= 0.6 is 23.4 Å². The molecule has 0 amide bonds. The lowest BCUT2D eigenvalue weighted by Crippen LogP contribution is -2.33. The van der Waals surface area contributed by atoms with Gasteiger partial charge in [-0.3, -0.25) is 4.90 Å². The summed E-state index contributed by atoms with van der Waals surface area (Å²) in [4.78, 5) is 3.26. The highest BCUT2D eigenvalue weighted by molar-refractivity contribution is 7.99. The SMILES string of the molecule is Oc1ccc2c(c1Cl)S[C@H](c1ccccc1)[C@H](c1ccc(OCCN3CCCCC3)cc1)O2. The van der Waals surface area contributed by atoms with Crippen molar-refractivity contribution in [3.05, 3.63) is 82.9 Å². The Labute approximate surface area is 204 Å². The number of thioether (sulfide) groups is 1. The monoisotopic (exact) mass is 481 g/mol. The number of nitrogens with zero attached hydrogens (tertiary/aromatic N) is 1. The van der Waals surface area contributed by atoms with E-state index in [1.807, 2.05) is 30.3 Å². The number of phenolic OH excluding ortho intramolecular Hbond substituents is 1. The maximum Gasteiger partial charge on any atom is 0.140 e. The normalized spacial score (nSPS) is 20.6. The molecule has 4 nitrogen and oxygen atoms in total. The van der Waals surface area contributed by atoms with E-state index >= 15 is 0 Å². The van der Waals surface area contributed by atoms with Gasteiger partial charge in [-0.05, 0) is 61.3 Å². The zero-order valence-electron chi connectivity index (χ0n) is 18.5. The first-order chi connectivity index (χ1) is 16.2. The molecule has 0 bridgehead atoms. The summed E-state index contributed by atoms with van der Waals surface area (Å²) in [5, 5.41) is 10.4. The van der Waals surface area contributed by atoms with Crippen LogP contribution in [0.15, 0.2) is 71.6 Å². The summed E-state index contributed by atoms with van der Waals surface area (Å²) < 4.78 is 12.5. The van der Waals surface area contributed by atoms with E-state index in [0.717, 1.165) is 28.3 Å². The molecule has 0 aliphatic carbocycles. The van der Waals surface area contributed by atoms with Gasteiger partial charge in [-0.15, -0.1) is 11.8 Å². The third-order valence-electron chi connectivity index (χ3n) is 6.28. The smallest absolute Gasteiger partial charge is 0.140 e. The first-order valence-corrected chi connectivity index (χ1v) is 12.8. The van der Waals surface area contributed by atoms with Crippen molar-refractivity contribution in [2.45, 2.75) is 35.5 Å². The van der Waals surface area contributed by atoms with Gasteiger partial charge in [0.2, 0.25) is 0 Å². The topological polar surface area (TPSA) is 41.9 Å². The van der Waals surface area contributed by atoms with Crippen molar-refractivity contribution in [1.29, 1.82) is 0 Å². The largest absolute Gasteiger partial charge is 0.506 e. The number of halogens is 1. The molecule has 1 fully saturated rings. The van der Waals surface area contributed by atoms with E-state index in [-0.39, 0.29) is 17.1 Å². The summed E-state index contributed by atoms with van der Waals surface area (Å²) >= 11 is 8.05. The van der Waals surface area contributed by atoms with Gasteiger partial charge in [0.15, 0.2) is 0 Å².